The summed E-state index contributed by atoms with van der Waals surface area (Å²) in [7, 11) is 1.41. The van der Waals surface area contributed by atoms with Crippen LogP contribution in [0.1, 0.15) is 31.7 Å². The van der Waals surface area contributed by atoms with Crippen LogP contribution in [0.2, 0.25) is 0 Å². The highest BCUT2D eigenvalue weighted by atomic mass is 19.1. The van der Waals surface area contributed by atoms with E-state index in [-0.39, 0.29) is 24.6 Å². The number of aliphatic hydroxyl groups is 1. The Hall–Kier alpha value is -1.62. The van der Waals surface area contributed by atoms with Gasteiger partial charge in [-0.05, 0) is 30.5 Å². The average molecular weight is 283 g/mol. The summed E-state index contributed by atoms with van der Waals surface area (Å²) in [5.41, 5.74) is 0.743. The summed E-state index contributed by atoms with van der Waals surface area (Å²) in [4.78, 5) is 11.6. The van der Waals surface area contributed by atoms with Gasteiger partial charge in [0.2, 0.25) is 5.91 Å². The molecule has 1 amide bonds. The quantitative estimate of drug-likeness (QED) is 0.767. The first-order valence-corrected chi connectivity index (χ1v) is 6.84. The SMILES string of the molecule is CCCC(O)CNC(=O)CCc1ccc(OC)c(F)c1. The Kier molecular flexibility index (Phi) is 7.01. The van der Waals surface area contributed by atoms with E-state index in [2.05, 4.69) is 5.32 Å². The van der Waals surface area contributed by atoms with Gasteiger partial charge in [0.25, 0.3) is 0 Å². The lowest BCUT2D eigenvalue weighted by Gasteiger charge is -2.10. The topological polar surface area (TPSA) is 58.6 Å². The van der Waals surface area contributed by atoms with Gasteiger partial charge in [-0.2, -0.15) is 0 Å². The van der Waals surface area contributed by atoms with Crippen molar-refractivity contribution in [2.75, 3.05) is 13.7 Å². The van der Waals surface area contributed by atoms with E-state index in [0.717, 1.165) is 12.0 Å². The number of aliphatic hydroxyl groups excluding tert-OH is 1. The van der Waals surface area contributed by atoms with Crippen molar-refractivity contribution >= 4 is 5.91 Å². The molecule has 0 radical (unpaired) electrons. The predicted molar refractivity (Wildman–Crippen MR) is 75.2 cm³/mol. The van der Waals surface area contributed by atoms with E-state index in [4.69, 9.17) is 4.74 Å². The number of aryl methyl sites for hydroxylation is 1. The van der Waals surface area contributed by atoms with E-state index in [0.29, 0.717) is 12.8 Å². The van der Waals surface area contributed by atoms with Crippen molar-refractivity contribution in [3.05, 3.63) is 29.6 Å². The molecule has 2 N–H and O–H groups in total. The number of carbonyl (C=O) groups is 1. The number of rotatable bonds is 8. The van der Waals surface area contributed by atoms with E-state index in [1.165, 1.54) is 13.2 Å². The molecule has 1 atom stereocenters. The molecule has 0 fully saturated rings. The minimum absolute atomic E-state index is 0.142. The van der Waals surface area contributed by atoms with Gasteiger partial charge in [0, 0.05) is 13.0 Å². The van der Waals surface area contributed by atoms with Gasteiger partial charge in [-0.25, -0.2) is 4.39 Å². The van der Waals surface area contributed by atoms with Crippen molar-refractivity contribution in [1.29, 1.82) is 0 Å². The minimum Gasteiger partial charge on any atom is -0.494 e. The summed E-state index contributed by atoms with van der Waals surface area (Å²) in [6.45, 7) is 2.24. The Morgan fingerprint density at radius 2 is 2.25 bits per heavy atom. The number of hydrogen-bond acceptors (Lipinski definition) is 3. The van der Waals surface area contributed by atoms with E-state index in [9.17, 15) is 14.3 Å². The molecule has 1 rings (SSSR count). The Labute approximate surface area is 119 Å². The van der Waals surface area contributed by atoms with Crippen LogP contribution in [0.25, 0.3) is 0 Å². The van der Waals surface area contributed by atoms with Crippen LogP contribution in [-0.4, -0.2) is 30.8 Å². The van der Waals surface area contributed by atoms with Gasteiger partial charge in [0.05, 0.1) is 13.2 Å². The van der Waals surface area contributed by atoms with Gasteiger partial charge in [-0.1, -0.05) is 19.4 Å². The maximum absolute atomic E-state index is 13.5. The lowest BCUT2D eigenvalue weighted by atomic mass is 10.1. The molecule has 0 bridgehead atoms. The largest absolute Gasteiger partial charge is 0.494 e. The second-order valence-corrected chi connectivity index (χ2v) is 4.72. The van der Waals surface area contributed by atoms with Gasteiger partial charge in [0.1, 0.15) is 0 Å². The molecule has 0 aliphatic carbocycles. The Bertz CT molecular complexity index is 437. The summed E-state index contributed by atoms with van der Waals surface area (Å²) >= 11 is 0. The molecule has 0 aromatic heterocycles. The van der Waals surface area contributed by atoms with Crippen LogP contribution >= 0.6 is 0 Å². The summed E-state index contributed by atoms with van der Waals surface area (Å²) in [6.07, 6.45) is 1.77. The molecule has 0 spiro atoms. The fraction of sp³-hybridized carbons (Fsp3) is 0.533. The molecule has 20 heavy (non-hydrogen) atoms. The van der Waals surface area contributed by atoms with Crippen molar-refractivity contribution in [3.8, 4) is 5.75 Å². The average Bonchev–Trinajstić information content (AvgIpc) is 2.43. The Balaban J connectivity index is 2.35. The van der Waals surface area contributed by atoms with E-state index in [1.807, 2.05) is 6.92 Å². The van der Waals surface area contributed by atoms with Crippen LogP contribution in [0.4, 0.5) is 4.39 Å². The second kappa shape index (κ2) is 8.53. The highest BCUT2D eigenvalue weighted by Gasteiger charge is 2.08. The standard InChI is InChI=1S/C15H22FNO3/c1-3-4-12(18)10-17-15(19)8-6-11-5-7-14(20-2)13(16)9-11/h5,7,9,12,18H,3-4,6,8,10H2,1-2H3,(H,17,19). The maximum Gasteiger partial charge on any atom is 0.220 e. The molecule has 0 saturated carbocycles. The van der Waals surface area contributed by atoms with Gasteiger partial charge < -0.3 is 15.2 Å². The van der Waals surface area contributed by atoms with Crippen LogP contribution in [0.3, 0.4) is 0 Å². The van der Waals surface area contributed by atoms with Gasteiger partial charge >= 0.3 is 0 Å². The highest BCUT2D eigenvalue weighted by molar-refractivity contribution is 5.76. The number of hydrogen-bond donors (Lipinski definition) is 2. The maximum atomic E-state index is 13.5. The Morgan fingerprint density at radius 3 is 2.85 bits per heavy atom. The molecule has 1 aromatic carbocycles. The van der Waals surface area contributed by atoms with Gasteiger partial charge in [-0.15, -0.1) is 0 Å². The summed E-state index contributed by atoms with van der Waals surface area (Å²) in [5, 5.41) is 12.2. The monoisotopic (exact) mass is 283 g/mol. The van der Waals surface area contributed by atoms with E-state index < -0.39 is 11.9 Å². The first-order valence-electron chi connectivity index (χ1n) is 6.84. The first-order chi connectivity index (χ1) is 9.56. The summed E-state index contributed by atoms with van der Waals surface area (Å²) < 4.78 is 18.3. The van der Waals surface area contributed by atoms with Crippen LogP contribution in [0.5, 0.6) is 5.75 Å². The molecule has 5 heteroatoms. The second-order valence-electron chi connectivity index (χ2n) is 4.72. The molecule has 4 nitrogen and oxygen atoms in total. The van der Waals surface area contributed by atoms with Crippen molar-refractivity contribution in [1.82, 2.24) is 5.32 Å². The molecule has 0 aliphatic heterocycles. The van der Waals surface area contributed by atoms with Crippen LogP contribution in [0.15, 0.2) is 18.2 Å². The normalized spacial score (nSPS) is 12.0. The molecular weight excluding hydrogens is 261 g/mol. The number of carbonyl (C=O) groups excluding carboxylic acids is 1. The number of methoxy groups -OCH3 is 1. The fourth-order valence-electron chi connectivity index (χ4n) is 1.88. The lowest BCUT2D eigenvalue weighted by Crippen LogP contribution is -2.32. The van der Waals surface area contributed by atoms with Crippen LogP contribution < -0.4 is 10.1 Å². The third-order valence-corrected chi connectivity index (χ3v) is 3.01. The molecule has 0 aliphatic rings. The minimum atomic E-state index is -0.498. The van der Waals surface area contributed by atoms with Gasteiger partial charge in [0.15, 0.2) is 11.6 Å². The zero-order valence-corrected chi connectivity index (χ0v) is 12.0. The first kappa shape index (κ1) is 16.4. The molecule has 112 valence electrons. The predicted octanol–water partition coefficient (Wildman–Crippen LogP) is 2.04. The smallest absolute Gasteiger partial charge is 0.220 e. The third kappa shape index (κ3) is 5.57. The Morgan fingerprint density at radius 1 is 1.50 bits per heavy atom. The van der Waals surface area contributed by atoms with Crippen molar-refractivity contribution in [2.24, 2.45) is 0 Å². The van der Waals surface area contributed by atoms with E-state index in [1.54, 1.807) is 12.1 Å². The van der Waals surface area contributed by atoms with Crippen molar-refractivity contribution in [3.63, 3.8) is 0 Å². The summed E-state index contributed by atoms with van der Waals surface area (Å²) in [5.74, 6) is -0.374. The zero-order valence-electron chi connectivity index (χ0n) is 12.0. The number of amides is 1. The third-order valence-electron chi connectivity index (χ3n) is 3.01. The van der Waals surface area contributed by atoms with Gasteiger partial charge in [-0.3, -0.25) is 4.79 Å². The lowest BCUT2D eigenvalue weighted by molar-refractivity contribution is -0.121. The molecule has 0 heterocycles. The number of benzene rings is 1. The summed E-state index contributed by atoms with van der Waals surface area (Å²) in [6, 6.07) is 4.66. The fourth-order valence-corrected chi connectivity index (χ4v) is 1.88. The van der Waals surface area contributed by atoms with Crippen LogP contribution in [0, 0.1) is 5.82 Å². The number of ether oxygens (including phenoxy) is 1. The molecule has 1 aromatic rings. The van der Waals surface area contributed by atoms with Crippen molar-refractivity contribution < 1.29 is 19.0 Å². The molecular formula is C15H22FNO3. The zero-order chi connectivity index (χ0) is 15.0. The highest BCUT2D eigenvalue weighted by Crippen LogP contribution is 2.18. The van der Waals surface area contributed by atoms with Crippen LogP contribution in [-0.2, 0) is 11.2 Å². The molecule has 1 unspecified atom stereocenters. The number of nitrogens with one attached hydrogen (secondary N) is 1. The number of halogens is 1. The van der Waals surface area contributed by atoms with Crippen molar-refractivity contribution in [2.45, 2.75) is 38.7 Å². The van der Waals surface area contributed by atoms with E-state index >= 15 is 0 Å². The molecule has 0 saturated heterocycles.